The van der Waals surface area contributed by atoms with Crippen LogP contribution in [0.5, 0.6) is 0 Å². The Kier molecular flexibility index (Phi) is 9.22. The van der Waals surface area contributed by atoms with Gasteiger partial charge in [0.2, 0.25) is 11.8 Å². The van der Waals surface area contributed by atoms with Crippen molar-refractivity contribution in [1.29, 1.82) is 0 Å². The molecule has 0 unspecified atom stereocenters. The van der Waals surface area contributed by atoms with Crippen molar-refractivity contribution in [2.45, 2.75) is 84.3 Å². The maximum Gasteiger partial charge on any atom is 0.243 e. The molecule has 0 aromatic heterocycles. The molecule has 6 heteroatoms. The van der Waals surface area contributed by atoms with Crippen molar-refractivity contribution in [1.82, 2.24) is 10.2 Å². The summed E-state index contributed by atoms with van der Waals surface area (Å²) in [7, 11) is 0. The molecule has 2 amide bonds. The standard InChI is InChI=1S/C27H34Cl2N2O2/c1-4-25(27(33)30-22-8-6-5-7-9-22)31(17-20-10-11-23(28)24(29)15-20)26(32)16-21-13-18(2)12-19(3)14-21/h10-15,22,25H,4-9,16-17H2,1-3H3,(H,30,33)/t25-/m1/s1. The van der Waals surface area contributed by atoms with Crippen LogP contribution in [0.2, 0.25) is 10.0 Å². The van der Waals surface area contributed by atoms with Gasteiger partial charge in [0.05, 0.1) is 16.5 Å². The minimum absolute atomic E-state index is 0.0711. The smallest absolute Gasteiger partial charge is 0.243 e. The molecule has 1 saturated carbocycles. The average molecular weight is 489 g/mol. The molecule has 2 aromatic rings. The van der Waals surface area contributed by atoms with Gasteiger partial charge in [0.15, 0.2) is 0 Å². The van der Waals surface area contributed by atoms with Crippen molar-refractivity contribution in [3.8, 4) is 0 Å². The van der Waals surface area contributed by atoms with E-state index in [4.69, 9.17) is 23.2 Å². The van der Waals surface area contributed by atoms with Crippen molar-refractivity contribution >= 4 is 35.0 Å². The van der Waals surface area contributed by atoms with E-state index < -0.39 is 6.04 Å². The third-order valence-electron chi connectivity index (χ3n) is 6.31. The van der Waals surface area contributed by atoms with Gasteiger partial charge in [0.25, 0.3) is 0 Å². The van der Waals surface area contributed by atoms with E-state index in [0.717, 1.165) is 47.9 Å². The molecule has 1 aliphatic carbocycles. The molecule has 1 fully saturated rings. The zero-order valence-corrected chi connectivity index (χ0v) is 21.3. The fourth-order valence-electron chi connectivity index (χ4n) is 4.75. The Morgan fingerprint density at radius 2 is 1.64 bits per heavy atom. The maximum absolute atomic E-state index is 13.6. The molecule has 1 aliphatic rings. The maximum atomic E-state index is 13.6. The summed E-state index contributed by atoms with van der Waals surface area (Å²) in [6.07, 6.45) is 6.30. The molecule has 4 nitrogen and oxygen atoms in total. The number of hydrogen-bond donors (Lipinski definition) is 1. The van der Waals surface area contributed by atoms with Gasteiger partial charge < -0.3 is 10.2 Å². The predicted octanol–water partition coefficient (Wildman–Crippen LogP) is 6.41. The van der Waals surface area contributed by atoms with Gasteiger partial charge in [-0.3, -0.25) is 9.59 Å². The summed E-state index contributed by atoms with van der Waals surface area (Å²) in [6.45, 7) is 6.32. The Labute approximate surface area is 207 Å². The second-order valence-electron chi connectivity index (χ2n) is 9.21. The van der Waals surface area contributed by atoms with Crippen molar-refractivity contribution in [3.63, 3.8) is 0 Å². The lowest BCUT2D eigenvalue weighted by molar-refractivity contribution is -0.141. The SMILES string of the molecule is CC[C@H](C(=O)NC1CCCCC1)N(Cc1ccc(Cl)c(Cl)c1)C(=O)Cc1cc(C)cc(C)c1. The summed E-state index contributed by atoms with van der Waals surface area (Å²) in [6, 6.07) is 11.2. The number of nitrogens with one attached hydrogen (secondary N) is 1. The van der Waals surface area contributed by atoms with Gasteiger partial charge in [-0.2, -0.15) is 0 Å². The lowest BCUT2D eigenvalue weighted by Crippen LogP contribution is -2.52. The second kappa shape index (κ2) is 11.9. The number of nitrogens with zero attached hydrogens (tertiary/aromatic N) is 1. The van der Waals surface area contributed by atoms with Crippen molar-refractivity contribution in [2.24, 2.45) is 0 Å². The van der Waals surface area contributed by atoms with Crippen LogP contribution < -0.4 is 5.32 Å². The van der Waals surface area contributed by atoms with Crippen LogP contribution in [0.4, 0.5) is 0 Å². The summed E-state index contributed by atoms with van der Waals surface area (Å²) in [5, 5.41) is 4.12. The quantitative estimate of drug-likeness (QED) is 0.466. The fourth-order valence-corrected chi connectivity index (χ4v) is 5.07. The minimum Gasteiger partial charge on any atom is -0.352 e. The van der Waals surface area contributed by atoms with Crippen LogP contribution in [0, 0.1) is 13.8 Å². The predicted molar refractivity (Wildman–Crippen MR) is 136 cm³/mol. The van der Waals surface area contributed by atoms with E-state index in [2.05, 4.69) is 11.4 Å². The molecule has 1 N–H and O–H groups in total. The van der Waals surface area contributed by atoms with E-state index in [1.165, 1.54) is 6.42 Å². The Morgan fingerprint density at radius 3 is 2.24 bits per heavy atom. The van der Waals surface area contributed by atoms with Crippen LogP contribution in [-0.4, -0.2) is 28.8 Å². The summed E-state index contributed by atoms with van der Waals surface area (Å²) >= 11 is 12.3. The first-order valence-electron chi connectivity index (χ1n) is 11.9. The zero-order chi connectivity index (χ0) is 24.0. The molecular formula is C27H34Cl2N2O2. The summed E-state index contributed by atoms with van der Waals surface area (Å²) in [5.74, 6) is -0.144. The van der Waals surface area contributed by atoms with E-state index in [9.17, 15) is 9.59 Å². The minimum atomic E-state index is -0.542. The first-order chi connectivity index (χ1) is 15.8. The van der Waals surface area contributed by atoms with Gasteiger partial charge in [-0.15, -0.1) is 0 Å². The van der Waals surface area contributed by atoms with Crippen molar-refractivity contribution in [2.75, 3.05) is 0 Å². The number of carbonyl (C=O) groups is 2. The molecule has 0 saturated heterocycles. The zero-order valence-electron chi connectivity index (χ0n) is 19.8. The monoisotopic (exact) mass is 488 g/mol. The third-order valence-corrected chi connectivity index (χ3v) is 7.05. The Morgan fingerprint density at radius 1 is 0.970 bits per heavy atom. The van der Waals surface area contributed by atoms with Crippen LogP contribution in [-0.2, 0) is 22.6 Å². The lowest BCUT2D eigenvalue weighted by atomic mass is 9.95. The summed E-state index contributed by atoms with van der Waals surface area (Å²) in [4.78, 5) is 28.6. The average Bonchev–Trinajstić information content (AvgIpc) is 2.76. The van der Waals surface area contributed by atoms with Crippen LogP contribution in [0.25, 0.3) is 0 Å². The molecule has 0 heterocycles. The van der Waals surface area contributed by atoms with E-state index in [1.807, 2.05) is 39.0 Å². The lowest BCUT2D eigenvalue weighted by Gasteiger charge is -2.33. The van der Waals surface area contributed by atoms with Gasteiger partial charge in [0, 0.05) is 12.6 Å². The Bertz CT molecular complexity index is 966. The third kappa shape index (κ3) is 7.22. The second-order valence-corrected chi connectivity index (χ2v) is 10.0. The van der Waals surface area contributed by atoms with Crippen LogP contribution in [0.3, 0.4) is 0 Å². The highest BCUT2D eigenvalue weighted by Crippen LogP contribution is 2.25. The summed E-state index contributed by atoms with van der Waals surface area (Å²) < 4.78 is 0. The first kappa shape index (κ1) is 25.6. The number of rotatable bonds is 8. The van der Waals surface area contributed by atoms with Crippen molar-refractivity contribution in [3.05, 3.63) is 68.7 Å². The van der Waals surface area contributed by atoms with Crippen LogP contribution in [0.15, 0.2) is 36.4 Å². The largest absolute Gasteiger partial charge is 0.352 e. The van der Waals surface area contributed by atoms with Gasteiger partial charge in [-0.25, -0.2) is 0 Å². The molecule has 0 radical (unpaired) electrons. The molecule has 178 valence electrons. The highest BCUT2D eigenvalue weighted by Gasteiger charge is 2.30. The number of halogens is 2. The molecule has 33 heavy (non-hydrogen) atoms. The highest BCUT2D eigenvalue weighted by molar-refractivity contribution is 6.42. The van der Waals surface area contributed by atoms with Gasteiger partial charge in [0.1, 0.15) is 6.04 Å². The molecule has 0 spiro atoms. The molecule has 3 rings (SSSR count). The highest BCUT2D eigenvalue weighted by atomic mass is 35.5. The van der Waals surface area contributed by atoms with Crippen LogP contribution >= 0.6 is 23.2 Å². The molecule has 2 aromatic carbocycles. The Hall–Kier alpha value is -2.04. The van der Waals surface area contributed by atoms with E-state index >= 15 is 0 Å². The number of hydrogen-bond acceptors (Lipinski definition) is 2. The Balaban J connectivity index is 1.85. The van der Waals surface area contributed by atoms with Crippen LogP contribution in [0.1, 0.15) is 67.7 Å². The molecule has 1 atom stereocenters. The fraction of sp³-hybridized carbons (Fsp3) is 0.481. The van der Waals surface area contributed by atoms with Gasteiger partial charge >= 0.3 is 0 Å². The summed E-state index contributed by atoms with van der Waals surface area (Å²) in [5.41, 5.74) is 4.05. The van der Waals surface area contributed by atoms with Gasteiger partial charge in [-0.05, 0) is 56.4 Å². The van der Waals surface area contributed by atoms with Gasteiger partial charge in [-0.1, -0.05) is 84.8 Å². The topological polar surface area (TPSA) is 49.4 Å². The molecular weight excluding hydrogens is 455 g/mol. The van der Waals surface area contributed by atoms with Crippen molar-refractivity contribution < 1.29 is 9.59 Å². The normalized spacial score (nSPS) is 15.2. The number of benzene rings is 2. The molecule has 0 bridgehead atoms. The number of aryl methyl sites for hydroxylation is 2. The number of amides is 2. The molecule has 0 aliphatic heterocycles. The number of carbonyl (C=O) groups excluding carboxylic acids is 2. The van der Waals surface area contributed by atoms with E-state index in [1.54, 1.807) is 17.0 Å². The first-order valence-corrected chi connectivity index (χ1v) is 12.6. The van der Waals surface area contributed by atoms with E-state index in [-0.39, 0.29) is 24.3 Å². The van der Waals surface area contributed by atoms with E-state index in [0.29, 0.717) is 23.0 Å².